The van der Waals surface area contributed by atoms with Gasteiger partial charge in [0.1, 0.15) is 11.5 Å². The summed E-state index contributed by atoms with van der Waals surface area (Å²) in [5, 5.41) is 0. The first-order valence-corrected chi connectivity index (χ1v) is 7.90. The second-order valence-electron chi connectivity index (χ2n) is 4.84. The van der Waals surface area contributed by atoms with Gasteiger partial charge in [-0.05, 0) is 29.8 Å². The molecule has 0 unspecified atom stereocenters. The average Bonchev–Trinajstić information content (AvgIpc) is 2.50. The van der Waals surface area contributed by atoms with Crippen LogP contribution in [0.1, 0.15) is 5.56 Å². The van der Waals surface area contributed by atoms with Crippen LogP contribution in [0.3, 0.4) is 0 Å². The molecule has 0 aromatic heterocycles. The molecule has 110 valence electrons. The number of benzene rings is 2. The van der Waals surface area contributed by atoms with Crippen molar-refractivity contribution in [3.05, 3.63) is 60.2 Å². The van der Waals surface area contributed by atoms with Gasteiger partial charge in [0, 0.05) is 19.8 Å². The predicted molar refractivity (Wildman–Crippen MR) is 87.8 cm³/mol. The third-order valence-corrected chi connectivity index (χ3v) is 3.88. The Kier molecular flexibility index (Phi) is 5.69. The number of nitrogens with zero attached hydrogens (tertiary/aromatic N) is 1. The maximum Gasteiger partial charge on any atom is 0.232 e. The largest absolute Gasteiger partial charge is 0.457 e. The van der Waals surface area contributed by atoms with Gasteiger partial charge < -0.3 is 9.64 Å². The molecule has 2 rings (SSSR count). The van der Waals surface area contributed by atoms with Gasteiger partial charge in [0.05, 0.1) is 5.75 Å². The second kappa shape index (κ2) is 7.74. The van der Waals surface area contributed by atoms with Crippen molar-refractivity contribution in [1.29, 1.82) is 0 Å². The number of ether oxygens (including phenoxy) is 1. The van der Waals surface area contributed by atoms with Gasteiger partial charge in [-0.15, -0.1) is 11.8 Å². The number of rotatable bonds is 6. The minimum Gasteiger partial charge on any atom is -0.457 e. The molecule has 0 aliphatic carbocycles. The van der Waals surface area contributed by atoms with Crippen LogP contribution < -0.4 is 4.74 Å². The molecule has 0 bridgehead atoms. The highest BCUT2D eigenvalue weighted by atomic mass is 32.2. The van der Waals surface area contributed by atoms with Crippen molar-refractivity contribution >= 4 is 17.7 Å². The number of para-hydroxylation sites is 1. The molecular formula is C17H19NO2S. The van der Waals surface area contributed by atoms with Crippen molar-refractivity contribution in [1.82, 2.24) is 4.90 Å². The summed E-state index contributed by atoms with van der Waals surface area (Å²) in [6.45, 7) is 0. The van der Waals surface area contributed by atoms with E-state index in [9.17, 15) is 4.79 Å². The van der Waals surface area contributed by atoms with Crippen molar-refractivity contribution in [2.24, 2.45) is 0 Å². The Balaban J connectivity index is 1.83. The normalized spacial score (nSPS) is 10.2. The zero-order chi connectivity index (χ0) is 15.1. The Morgan fingerprint density at radius 2 is 1.62 bits per heavy atom. The Bertz CT molecular complexity index is 567. The van der Waals surface area contributed by atoms with Crippen molar-refractivity contribution in [2.75, 3.05) is 19.8 Å². The van der Waals surface area contributed by atoms with Crippen LogP contribution in [0.25, 0.3) is 0 Å². The Morgan fingerprint density at radius 3 is 2.24 bits per heavy atom. The highest BCUT2D eigenvalue weighted by molar-refractivity contribution is 7.99. The third kappa shape index (κ3) is 5.16. The SMILES string of the molecule is CN(C)C(=O)CSCc1ccc(Oc2ccccc2)cc1. The number of amides is 1. The van der Waals surface area contributed by atoms with Crippen molar-refractivity contribution in [2.45, 2.75) is 5.75 Å². The molecule has 0 radical (unpaired) electrons. The van der Waals surface area contributed by atoms with Gasteiger partial charge in [-0.1, -0.05) is 30.3 Å². The molecule has 0 fully saturated rings. The molecule has 2 aromatic carbocycles. The van der Waals surface area contributed by atoms with E-state index in [1.54, 1.807) is 30.8 Å². The van der Waals surface area contributed by atoms with Crippen LogP contribution in [0.5, 0.6) is 11.5 Å². The monoisotopic (exact) mass is 301 g/mol. The molecule has 0 aliphatic rings. The maximum atomic E-state index is 11.5. The molecule has 4 heteroatoms. The fourth-order valence-corrected chi connectivity index (χ4v) is 2.63. The average molecular weight is 301 g/mol. The van der Waals surface area contributed by atoms with Gasteiger partial charge in [0.2, 0.25) is 5.91 Å². The lowest BCUT2D eigenvalue weighted by molar-refractivity contribution is -0.125. The van der Waals surface area contributed by atoms with Crippen LogP contribution in [0, 0.1) is 0 Å². The van der Waals surface area contributed by atoms with E-state index in [2.05, 4.69) is 0 Å². The Labute approximate surface area is 129 Å². The molecular weight excluding hydrogens is 282 g/mol. The Hall–Kier alpha value is -1.94. The van der Waals surface area contributed by atoms with Crippen LogP contribution in [0.15, 0.2) is 54.6 Å². The molecule has 1 amide bonds. The number of carbonyl (C=O) groups is 1. The minimum atomic E-state index is 0.143. The topological polar surface area (TPSA) is 29.5 Å². The summed E-state index contributed by atoms with van der Waals surface area (Å²) in [7, 11) is 3.55. The molecule has 0 saturated heterocycles. The van der Waals surface area contributed by atoms with Crippen LogP contribution in [-0.4, -0.2) is 30.7 Å². The van der Waals surface area contributed by atoms with Gasteiger partial charge >= 0.3 is 0 Å². The van der Waals surface area contributed by atoms with Gasteiger partial charge in [-0.3, -0.25) is 4.79 Å². The van der Waals surface area contributed by atoms with Gasteiger partial charge in [0.15, 0.2) is 0 Å². The number of thioether (sulfide) groups is 1. The van der Waals surface area contributed by atoms with E-state index in [1.807, 2.05) is 54.6 Å². The summed E-state index contributed by atoms with van der Waals surface area (Å²) in [5.74, 6) is 3.13. The molecule has 0 heterocycles. The standard InChI is InChI=1S/C17H19NO2S/c1-18(2)17(19)13-21-12-14-8-10-16(11-9-14)20-15-6-4-3-5-7-15/h3-11H,12-13H2,1-2H3. The zero-order valence-corrected chi connectivity index (χ0v) is 13.1. The first-order chi connectivity index (χ1) is 10.1. The molecule has 0 saturated carbocycles. The lowest BCUT2D eigenvalue weighted by Crippen LogP contribution is -2.23. The van der Waals surface area contributed by atoms with E-state index in [-0.39, 0.29) is 5.91 Å². The lowest BCUT2D eigenvalue weighted by Gasteiger charge is -2.10. The molecule has 21 heavy (non-hydrogen) atoms. The molecule has 0 spiro atoms. The summed E-state index contributed by atoms with van der Waals surface area (Å²) in [5.41, 5.74) is 1.19. The summed E-state index contributed by atoms with van der Waals surface area (Å²) < 4.78 is 5.74. The van der Waals surface area contributed by atoms with E-state index >= 15 is 0 Å². The fraction of sp³-hybridized carbons (Fsp3) is 0.235. The smallest absolute Gasteiger partial charge is 0.232 e. The minimum absolute atomic E-state index is 0.143. The van der Waals surface area contributed by atoms with E-state index in [1.165, 1.54) is 5.56 Å². The molecule has 0 atom stereocenters. The zero-order valence-electron chi connectivity index (χ0n) is 12.3. The van der Waals surface area contributed by atoms with Crippen LogP contribution in [0.2, 0.25) is 0 Å². The number of hydrogen-bond acceptors (Lipinski definition) is 3. The quantitative estimate of drug-likeness (QED) is 0.813. The summed E-state index contributed by atoms with van der Waals surface area (Å²) in [4.78, 5) is 13.1. The number of carbonyl (C=O) groups excluding carboxylic acids is 1. The van der Waals surface area contributed by atoms with Crippen molar-refractivity contribution in [3.63, 3.8) is 0 Å². The molecule has 0 N–H and O–H groups in total. The van der Waals surface area contributed by atoms with E-state index in [0.717, 1.165) is 17.3 Å². The van der Waals surface area contributed by atoms with Gasteiger partial charge in [-0.2, -0.15) is 0 Å². The van der Waals surface area contributed by atoms with Crippen LogP contribution in [-0.2, 0) is 10.5 Å². The van der Waals surface area contributed by atoms with Crippen molar-refractivity contribution < 1.29 is 9.53 Å². The first-order valence-electron chi connectivity index (χ1n) is 6.75. The second-order valence-corrected chi connectivity index (χ2v) is 5.83. The van der Waals surface area contributed by atoms with E-state index < -0.39 is 0 Å². The molecule has 0 aliphatic heterocycles. The Morgan fingerprint density at radius 1 is 1.00 bits per heavy atom. The van der Waals surface area contributed by atoms with E-state index in [0.29, 0.717) is 5.75 Å². The number of hydrogen-bond donors (Lipinski definition) is 0. The fourth-order valence-electron chi connectivity index (χ4n) is 1.66. The van der Waals surface area contributed by atoms with Gasteiger partial charge in [0.25, 0.3) is 0 Å². The van der Waals surface area contributed by atoms with Gasteiger partial charge in [-0.25, -0.2) is 0 Å². The summed E-state index contributed by atoms with van der Waals surface area (Å²) >= 11 is 1.62. The summed E-state index contributed by atoms with van der Waals surface area (Å²) in [6, 6.07) is 17.7. The van der Waals surface area contributed by atoms with Crippen molar-refractivity contribution in [3.8, 4) is 11.5 Å². The van der Waals surface area contributed by atoms with Crippen LogP contribution >= 0.6 is 11.8 Å². The summed E-state index contributed by atoms with van der Waals surface area (Å²) in [6.07, 6.45) is 0. The lowest BCUT2D eigenvalue weighted by atomic mass is 10.2. The third-order valence-electron chi connectivity index (χ3n) is 2.90. The maximum absolute atomic E-state index is 11.5. The molecule has 3 nitrogen and oxygen atoms in total. The highest BCUT2D eigenvalue weighted by Gasteiger charge is 2.04. The molecule has 2 aromatic rings. The first kappa shape index (κ1) is 15.4. The van der Waals surface area contributed by atoms with E-state index in [4.69, 9.17) is 4.74 Å². The van der Waals surface area contributed by atoms with Crippen LogP contribution in [0.4, 0.5) is 0 Å². The highest BCUT2D eigenvalue weighted by Crippen LogP contribution is 2.22. The predicted octanol–water partition coefficient (Wildman–Crippen LogP) is 3.80.